The van der Waals surface area contributed by atoms with E-state index in [0.29, 0.717) is 18.0 Å². The third-order valence-corrected chi connectivity index (χ3v) is 3.07. The second kappa shape index (κ2) is 5.90. The van der Waals surface area contributed by atoms with E-state index in [1.54, 1.807) is 22.7 Å². The molecule has 0 aromatic carbocycles. The van der Waals surface area contributed by atoms with Crippen LogP contribution in [0.4, 0.5) is 0 Å². The summed E-state index contributed by atoms with van der Waals surface area (Å²) in [7, 11) is 1.73. The molecule has 0 aliphatic heterocycles. The lowest BCUT2D eigenvalue weighted by molar-refractivity contribution is 0.0765. The number of aromatic nitrogens is 3. The summed E-state index contributed by atoms with van der Waals surface area (Å²) in [6, 6.07) is 3.84. The zero-order chi connectivity index (χ0) is 14.7. The van der Waals surface area contributed by atoms with Gasteiger partial charge in [0.25, 0.3) is 5.91 Å². The minimum atomic E-state index is -0.126. The topological polar surface area (TPSA) is 64.2 Å². The highest BCUT2D eigenvalue weighted by Gasteiger charge is 2.17. The molecule has 0 saturated carbocycles. The van der Waals surface area contributed by atoms with Gasteiger partial charge in [-0.05, 0) is 26.3 Å². The van der Waals surface area contributed by atoms with Crippen LogP contribution in [0.15, 0.2) is 22.9 Å². The van der Waals surface area contributed by atoms with E-state index >= 15 is 0 Å². The van der Waals surface area contributed by atoms with E-state index in [1.165, 1.54) is 0 Å². The van der Waals surface area contributed by atoms with E-state index in [-0.39, 0.29) is 11.9 Å². The van der Waals surface area contributed by atoms with E-state index in [0.717, 1.165) is 12.1 Å². The largest absolute Gasteiger partial charge is 0.359 e. The number of nitrogens with zero attached hydrogens (tertiary/aromatic N) is 4. The van der Waals surface area contributed by atoms with Gasteiger partial charge >= 0.3 is 0 Å². The smallest absolute Gasteiger partial charge is 0.274 e. The Labute approximate surface area is 118 Å². The average Bonchev–Trinajstić information content (AvgIpc) is 3.06. The SMILES string of the molecule is CCc1cc(CN(C)C(=O)c2ccn(C(C)C)n2)on1. The quantitative estimate of drug-likeness (QED) is 0.840. The Morgan fingerprint density at radius 2 is 2.25 bits per heavy atom. The molecular formula is C14H20N4O2. The van der Waals surface area contributed by atoms with Gasteiger partial charge in [0.2, 0.25) is 0 Å². The highest BCUT2D eigenvalue weighted by molar-refractivity contribution is 5.91. The summed E-state index contributed by atoms with van der Waals surface area (Å²) in [5, 5.41) is 8.19. The van der Waals surface area contributed by atoms with Crippen LogP contribution in [0, 0.1) is 0 Å². The van der Waals surface area contributed by atoms with Crippen molar-refractivity contribution in [1.82, 2.24) is 19.8 Å². The van der Waals surface area contributed by atoms with Crippen LogP contribution in [-0.4, -0.2) is 32.8 Å². The number of carbonyl (C=O) groups is 1. The van der Waals surface area contributed by atoms with Crippen LogP contribution in [0.1, 0.15) is 48.8 Å². The van der Waals surface area contributed by atoms with Crippen molar-refractivity contribution in [1.29, 1.82) is 0 Å². The highest BCUT2D eigenvalue weighted by Crippen LogP contribution is 2.10. The van der Waals surface area contributed by atoms with Gasteiger partial charge in [0.15, 0.2) is 5.76 Å². The maximum Gasteiger partial charge on any atom is 0.274 e. The number of aryl methyl sites for hydroxylation is 1. The molecule has 0 saturated heterocycles. The van der Waals surface area contributed by atoms with E-state index < -0.39 is 0 Å². The predicted molar refractivity (Wildman–Crippen MR) is 74.3 cm³/mol. The molecule has 2 rings (SSSR count). The summed E-state index contributed by atoms with van der Waals surface area (Å²) in [4.78, 5) is 13.8. The van der Waals surface area contributed by atoms with Crippen molar-refractivity contribution in [2.45, 2.75) is 39.8 Å². The maximum atomic E-state index is 12.2. The van der Waals surface area contributed by atoms with Crippen LogP contribution in [0.25, 0.3) is 0 Å². The highest BCUT2D eigenvalue weighted by atomic mass is 16.5. The number of hydrogen-bond donors (Lipinski definition) is 0. The predicted octanol–water partition coefficient (Wildman–Crippen LogP) is 2.29. The van der Waals surface area contributed by atoms with Gasteiger partial charge in [0, 0.05) is 25.4 Å². The van der Waals surface area contributed by atoms with Crippen molar-refractivity contribution < 1.29 is 9.32 Å². The van der Waals surface area contributed by atoms with Gasteiger partial charge < -0.3 is 9.42 Å². The number of hydrogen-bond acceptors (Lipinski definition) is 4. The van der Waals surface area contributed by atoms with Gasteiger partial charge in [-0.3, -0.25) is 9.48 Å². The first-order valence-electron chi connectivity index (χ1n) is 6.76. The molecule has 2 aromatic rings. The summed E-state index contributed by atoms with van der Waals surface area (Å²) in [6.07, 6.45) is 2.63. The lowest BCUT2D eigenvalue weighted by Crippen LogP contribution is -2.26. The van der Waals surface area contributed by atoms with Crippen LogP contribution in [0.2, 0.25) is 0 Å². The second-order valence-electron chi connectivity index (χ2n) is 5.07. The van der Waals surface area contributed by atoms with E-state index in [2.05, 4.69) is 10.3 Å². The van der Waals surface area contributed by atoms with Gasteiger partial charge in [-0.15, -0.1) is 0 Å². The Bertz CT molecular complexity index is 586. The molecule has 0 aliphatic carbocycles. The summed E-state index contributed by atoms with van der Waals surface area (Å²) in [5.41, 5.74) is 1.33. The Morgan fingerprint density at radius 1 is 1.50 bits per heavy atom. The molecule has 0 radical (unpaired) electrons. The summed E-state index contributed by atoms with van der Waals surface area (Å²) in [6.45, 7) is 6.44. The molecule has 0 fully saturated rings. The molecule has 0 bridgehead atoms. The third kappa shape index (κ3) is 3.07. The molecule has 0 aliphatic rings. The molecule has 0 N–H and O–H groups in total. The molecule has 108 valence electrons. The number of carbonyl (C=O) groups excluding carboxylic acids is 1. The first kappa shape index (κ1) is 14.3. The average molecular weight is 276 g/mol. The molecule has 1 amide bonds. The van der Waals surface area contributed by atoms with E-state index in [4.69, 9.17) is 4.52 Å². The van der Waals surface area contributed by atoms with Crippen molar-refractivity contribution >= 4 is 5.91 Å². The molecule has 2 heterocycles. The van der Waals surface area contributed by atoms with Crippen molar-refractivity contribution in [3.05, 3.63) is 35.5 Å². The maximum absolute atomic E-state index is 12.2. The third-order valence-electron chi connectivity index (χ3n) is 3.07. The van der Waals surface area contributed by atoms with Crippen molar-refractivity contribution in [2.24, 2.45) is 0 Å². The van der Waals surface area contributed by atoms with Gasteiger partial charge in [-0.1, -0.05) is 12.1 Å². The standard InChI is InChI=1S/C14H20N4O2/c1-5-11-8-12(20-16-11)9-17(4)14(19)13-6-7-18(15-13)10(2)3/h6-8,10H,5,9H2,1-4H3. The van der Waals surface area contributed by atoms with Crippen LogP contribution in [-0.2, 0) is 13.0 Å². The van der Waals surface area contributed by atoms with Gasteiger partial charge in [0.05, 0.1) is 12.2 Å². The van der Waals surface area contributed by atoms with Gasteiger partial charge in [-0.25, -0.2) is 0 Å². The fourth-order valence-electron chi connectivity index (χ4n) is 1.84. The Kier molecular flexibility index (Phi) is 4.22. The number of rotatable bonds is 5. The van der Waals surface area contributed by atoms with Crippen LogP contribution in [0.5, 0.6) is 0 Å². The Hall–Kier alpha value is -2.11. The normalized spacial score (nSPS) is 11.1. The Balaban J connectivity index is 2.03. The number of amides is 1. The second-order valence-corrected chi connectivity index (χ2v) is 5.07. The summed E-state index contributed by atoms with van der Waals surface area (Å²) < 4.78 is 6.95. The van der Waals surface area contributed by atoms with Crippen LogP contribution < -0.4 is 0 Å². The van der Waals surface area contributed by atoms with Crippen LogP contribution in [0.3, 0.4) is 0 Å². The fourth-order valence-corrected chi connectivity index (χ4v) is 1.84. The molecule has 0 unspecified atom stereocenters. The van der Waals surface area contributed by atoms with Crippen molar-refractivity contribution in [3.63, 3.8) is 0 Å². The Morgan fingerprint density at radius 3 is 2.80 bits per heavy atom. The molecule has 0 spiro atoms. The van der Waals surface area contributed by atoms with Gasteiger partial charge in [-0.2, -0.15) is 5.10 Å². The molecular weight excluding hydrogens is 256 g/mol. The molecule has 6 heteroatoms. The van der Waals surface area contributed by atoms with E-state index in [1.807, 2.05) is 33.0 Å². The van der Waals surface area contributed by atoms with Gasteiger partial charge in [0.1, 0.15) is 5.69 Å². The monoisotopic (exact) mass is 276 g/mol. The molecule has 20 heavy (non-hydrogen) atoms. The fraction of sp³-hybridized carbons (Fsp3) is 0.500. The lowest BCUT2D eigenvalue weighted by atomic mass is 10.3. The van der Waals surface area contributed by atoms with Crippen molar-refractivity contribution in [2.75, 3.05) is 7.05 Å². The lowest BCUT2D eigenvalue weighted by Gasteiger charge is -2.13. The minimum Gasteiger partial charge on any atom is -0.359 e. The molecule has 6 nitrogen and oxygen atoms in total. The summed E-state index contributed by atoms with van der Waals surface area (Å²) in [5.74, 6) is 0.555. The van der Waals surface area contributed by atoms with Crippen molar-refractivity contribution in [3.8, 4) is 0 Å². The first-order valence-corrected chi connectivity index (χ1v) is 6.76. The molecule has 2 aromatic heterocycles. The first-order chi connectivity index (χ1) is 9.51. The molecule has 0 atom stereocenters. The van der Waals surface area contributed by atoms with Crippen LogP contribution >= 0.6 is 0 Å². The minimum absolute atomic E-state index is 0.126. The summed E-state index contributed by atoms with van der Waals surface area (Å²) >= 11 is 0. The zero-order valence-electron chi connectivity index (χ0n) is 12.3. The zero-order valence-corrected chi connectivity index (χ0v) is 12.3. The van der Waals surface area contributed by atoms with E-state index in [9.17, 15) is 4.79 Å².